The van der Waals surface area contributed by atoms with E-state index in [1.807, 2.05) is 4.90 Å². The SMILES string of the molecule is O=C([C@@H]1CCCN1)N1CCOC2(CCCC2)C1. The molecule has 2 heterocycles. The number of carbonyl (C=O) groups is 1. The quantitative estimate of drug-likeness (QED) is 0.738. The van der Waals surface area contributed by atoms with Gasteiger partial charge in [0.1, 0.15) is 0 Å². The number of hydrogen-bond donors (Lipinski definition) is 1. The average molecular weight is 238 g/mol. The van der Waals surface area contributed by atoms with E-state index >= 15 is 0 Å². The highest BCUT2D eigenvalue weighted by Crippen LogP contribution is 2.36. The molecule has 1 atom stereocenters. The summed E-state index contributed by atoms with van der Waals surface area (Å²) in [6.45, 7) is 3.31. The van der Waals surface area contributed by atoms with Crippen molar-refractivity contribution in [2.24, 2.45) is 0 Å². The first-order valence-electron chi connectivity index (χ1n) is 6.95. The van der Waals surface area contributed by atoms with Crippen LogP contribution in [0.5, 0.6) is 0 Å². The molecule has 1 saturated carbocycles. The van der Waals surface area contributed by atoms with Crippen molar-refractivity contribution in [1.29, 1.82) is 0 Å². The van der Waals surface area contributed by atoms with E-state index in [-0.39, 0.29) is 11.6 Å². The fourth-order valence-corrected chi connectivity index (χ4v) is 3.47. The van der Waals surface area contributed by atoms with Crippen LogP contribution in [0, 0.1) is 0 Å². The summed E-state index contributed by atoms with van der Waals surface area (Å²) < 4.78 is 5.96. The van der Waals surface area contributed by atoms with Crippen molar-refractivity contribution in [2.45, 2.75) is 50.2 Å². The van der Waals surface area contributed by atoms with Crippen LogP contribution in [0.3, 0.4) is 0 Å². The van der Waals surface area contributed by atoms with Gasteiger partial charge in [-0.15, -0.1) is 0 Å². The van der Waals surface area contributed by atoms with E-state index in [1.54, 1.807) is 0 Å². The maximum absolute atomic E-state index is 12.3. The van der Waals surface area contributed by atoms with Gasteiger partial charge in [0.2, 0.25) is 5.91 Å². The standard InChI is InChI=1S/C13H22N2O2/c16-12(11-4-3-7-14-11)15-8-9-17-13(10-15)5-1-2-6-13/h11,14H,1-10H2/t11-/m0/s1. The van der Waals surface area contributed by atoms with E-state index in [4.69, 9.17) is 4.74 Å². The summed E-state index contributed by atoms with van der Waals surface area (Å²) in [5.41, 5.74) is 0.00646. The molecule has 17 heavy (non-hydrogen) atoms. The molecule has 4 heteroatoms. The first-order valence-corrected chi connectivity index (χ1v) is 6.95. The van der Waals surface area contributed by atoms with Crippen molar-refractivity contribution < 1.29 is 9.53 Å². The van der Waals surface area contributed by atoms with E-state index in [0.29, 0.717) is 5.91 Å². The molecule has 96 valence electrons. The molecule has 2 saturated heterocycles. The lowest BCUT2D eigenvalue weighted by atomic mass is 9.99. The predicted molar refractivity (Wildman–Crippen MR) is 64.8 cm³/mol. The number of hydrogen-bond acceptors (Lipinski definition) is 3. The Balaban J connectivity index is 1.64. The van der Waals surface area contributed by atoms with Crippen LogP contribution in [-0.2, 0) is 9.53 Å². The molecule has 1 aliphatic carbocycles. The third-order valence-corrected chi connectivity index (χ3v) is 4.43. The first-order chi connectivity index (χ1) is 8.29. The number of nitrogens with one attached hydrogen (secondary N) is 1. The fourth-order valence-electron chi connectivity index (χ4n) is 3.47. The molecule has 1 N–H and O–H groups in total. The Morgan fingerprint density at radius 1 is 1.29 bits per heavy atom. The van der Waals surface area contributed by atoms with Crippen molar-refractivity contribution in [1.82, 2.24) is 10.2 Å². The Morgan fingerprint density at radius 2 is 2.12 bits per heavy atom. The number of carbonyl (C=O) groups excluding carboxylic acids is 1. The highest BCUT2D eigenvalue weighted by atomic mass is 16.5. The van der Waals surface area contributed by atoms with Crippen LogP contribution in [0.25, 0.3) is 0 Å². The van der Waals surface area contributed by atoms with E-state index in [1.165, 1.54) is 12.8 Å². The molecule has 1 amide bonds. The molecule has 0 aromatic heterocycles. The van der Waals surface area contributed by atoms with Crippen molar-refractivity contribution in [2.75, 3.05) is 26.2 Å². The van der Waals surface area contributed by atoms with Crippen LogP contribution in [0.2, 0.25) is 0 Å². The van der Waals surface area contributed by atoms with Crippen molar-refractivity contribution in [3.8, 4) is 0 Å². The summed E-state index contributed by atoms with van der Waals surface area (Å²) in [7, 11) is 0. The van der Waals surface area contributed by atoms with Crippen LogP contribution < -0.4 is 5.32 Å². The first kappa shape index (κ1) is 11.5. The van der Waals surface area contributed by atoms with Gasteiger partial charge in [-0.1, -0.05) is 12.8 Å². The Hall–Kier alpha value is -0.610. The Labute approximate surface area is 103 Å². The molecule has 0 unspecified atom stereocenters. The maximum atomic E-state index is 12.3. The van der Waals surface area contributed by atoms with Gasteiger partial charge in [0.05, 0.1) is 18.2 Å². The molecule has 0 radical (unpaired) electrons. The molecular weight excluding hydrogens is 216 g/mol. The summed E-state index contributed by atoms with van der Waals surface area (Å²) in [5, 5.41) is 3.30. The second kappa shape index (κ2) is 4.58. The second-order valence-electron chi connectivity index (χ2n) is 5.65. The van der Waals surface area contributed by atoms with Gasteiger partial charge < -0.3 is 15.0 Å². The lowest BCUT2D eigenvalue weighted by Gasteiger charge is -2.41. The summed E-state index contributed by atoms with van der Waals surface area (Å²) in [6, 6.07) is 0.0755. The van der Waals surface area contributed by atoms with Gasteiger partial charge in [-0.3, -0.25) is 4.79 Å². The summed E-state index contributed by atoms with van der Waals surface area (Å²) in [5.74, 6) is 0.303. The molecule has 3 aliphatic rings. The smallest absolute Gasteiger partial charge is 0.239 e. The van der Waals surface area contributed by atoms with Gasteiger partial charge in [0.25, 0.3) is 0 Å². The van der Waals surface area contributed by atoms with Crippen LogP contribution >= 0.6 is 0 Å². The monoisotopic (exact) mass is 238 g/mol. The second-order valence-corrected chi connectivity index (χ2v) is 5.65. The highest BCUT2D eigenvalue weighted by Gasteiger charge is 2.41. The van der Waals surface area contributed by atoms with E-state index in [2.05, 4.69) is 5.32 Å². The molecule has 3 rings (SSSR count). The number of amides is 1. The normalized spacial score (nSPS) is 32.2. The maximum Gasteiger partial charge on any atom is 0.239 e. The van der Waals surface area contributed by atoms with E-state index in [9.17, 15) is 4.79 Å². The number of nitrogens with zero attached hydrogens (tertiary/aromatic N) is 1. The summed E-state index contributed by atoms with van der Waals surface area (Å²) >= 11 is 0. The minimum absolute atomic E-state index is 0.00646. The average Bonchev–Trinajstić information content (AvgIpc) is 3.00. The number of ether oxygens (including phenoxy) is 1. The Bertz CT molecular complexity index is 294. The Kier molecular flexibility index (Phi) is 3.09. The van der Waals surface area contributed by atoms with Crippen molar-refractivity contribution >= 4 is 5.91 Å². The zero-order valence-corrected chi connectivity index (χ0v) is 10.4. The molecule has 2 aliphatic heterocycles. The molecule has 4 nitrogen and oxygen atoms in total. The van der Waals surface area contributed by atoms with Crippen LogP contribution in [0.15, 0.2) is 0 Å². The molecule has 1 spiro atoms. The molecule has 0 aromatic carbocycles. The highest BCUT2D eigenvalue weighted by molar-refractivity contribution is 5.82. The minimum atomic E-state index is 0.00646. The third kappa shape index (κ3) is 2.20. The van der Waals surface area contributed by atoms with Crippen LogP contribution in [0.4, 0.5) is 0 Å². The Morgan fingerprint density at radius 3 is 2.82 bits per heavy atom. The molecule has 0 bridgehead atoms. The van der Waals surface area contributed by atoms with Crippen LogP contribution in [-0.4, -0.2) is 48.7 Å². The summed E-state index contributed by atoms with van der Waals surface area (Å²) in [4.78, 5) is 14.4. The lowest BCUT2D eigenvalue weighted by molar-refractivity contribution is -0.151. The molecule has 0 aromatic rings. The topological polar surface area (TPSA) is 41.6 Å². The van der Waals surface area contributed by atoms with Crippen molar-refractivity contribution in [3.63, 3.8) is 0 Å². The predicted octanol–water partition coefficient (Wildman–Crippen LogP) is 0.910. The molecular formula is C13H22N2O2. The minimum Gasteiger partial charge on any atom is -0.371 e. The number of morpholine rings is 1. The zero-order chi connectivity index (χ0) is 11.7. The molecule has 3 fully saturated rings. The fraction of sp³-hybridized carbons (Fsp3) is 0.923. The van der Waals surface area contributed by atoms with Gasteiger partial charge >= 0.3 is 0 Å². The largest absolute Gasteiger partial charge is 0.371 e. The van der Waals surface area contributed by atoms with Gasteiger partial charge in [-0.2, -0.15) is 0 Å². The lowest BCUT2D eigenvalue weighted by Crippen LogP contribution is -2.55. The van der Waals surface area contributed by atoms with E-state index in [0.717, 1.165) is 51.9 Å². The van der Waals surface area contributed by atoms with E-state index < -0.39 is 0 Å². The van der Waals surface area contributed by atoms with Crippen molar-refractivity contribution in [3.05, 3.63) is 0 Å². The number of rotatable bonds is 1. The van der Waals surface area contributed by atoms with Gasteiger partial charge in [0, 0.05) is 13.1 Å². The van der Waals surface area contributed by atoms with Gasteiger partial charge in [-0.05, 0) is 32.2 Å². The van der Waals surface area contributed by atoms with Gasteiger partial charge in [-0.25, -0.2) is 0 Å². The van der Waals surface area contributed by atoms with Crippen LogP contribution in [0.1, 0.15) is 38.5 Å². The van der Waals surface area contributed by atoms with Gasteiger partial charge in [0.15, 0.2) is 0 Å². The summed E-state index contributed by atoms with van der Waals surface area (Å²) in [6.07, 6.45) is 6.91. The zero-order valence-electron chi connectivity index (χ0n) is 10.4. The third-order valence-electron chi connectivity index (χ3n) is 4.43.